The molecular weight excluding hydrogens is 258 g/mol. The quantitative estimate of drug-likeness (QED) is 0.540. The first kappa shape index (κ1) is 14.7. The van der Waals surface area contributed by atoms with E-state index in [9.17, 15) is 4.79 Å². The van der Waals surface area contributed by atoms with Gasteiger partial charge in [0.05, 0.1) is 18.5 Å². The number of ether oxygens (including phenoxy) is 1. The molecule has 7 heteroatoms. The van der Waals surface area contributed by atoms with Crippen LogP contribution in [0.4, 0.5) is 5.69 Å². The number of anilines is 1. The third-order valence-corrected chi connectivity index (χ3v) is 3.27. The van der Waals surface area contributed by atoms with Gasteiger partial charge in [-0.3, -0.25) is 10.6 Å². The summed E-state index contributed by atoms with van der Waals surface area (Å²) in [5.41, 5.74) is 3.17. The van der Waals surface area contributed by atoms with Crippen LogP contribution < -0.4 is 16.6 Å². The van der Waals surface area contributed by atoms with Crippen LogP contribution in [-0.4, -0.2) is 35.6 Å². The van der Waals surface area contributed by atoms with Gasteiger partial charge >= 0.3 is 0 Å². The van der Waals surface area contributed by atoms with Crippen LogP contribution in [0.1, 0.15) is 42.5 Å². The van der Waals surface area contributed by atoms with Gasteiger partial charge < -0.3 is 15.5 Å². The molecule has 1 atom stereocenters. The van der Waals surface area contributed by atoms with Crippen LogP contribution in [0.3, 0.4) is 0 Å². The number of hydrogen-bond donors (Lipinski definition) is 3. The van der Waals surface area contributed by atoms with Crippen LogP contribution in [0, 0.1) is 5.92 Å². The van der Waals surface area contributed by atoms with Gasteiger partial charge in [0, 0.05) is 25.0 Å². The molecule has 1 fully saturated rings. The van der Waals surface area contributed by atoms with Crippen molar-refractivity contribution in [1.29, 1.82) is 0 Å². The predicted octanol–water partition coefficient (Wildman–Crippen LogP) is 0.652. The number of carbonyl (C=O) groups excluding carboxylic acids is 1. The molecule has 1 aliphatic rings. The first-order valence-electron chi connectivity index (χ1n) is 6.81. The fraction of sp³-hybridized carbons (Fsp3) is 0.615. The Bertz CT molecular complexity index is 472. The standard InChI is InChI=1S/C13H21N5O2/c1-8(2)12-15-6-10(18-14)11(17-12)13(19)16-5-9-3-4-20-7-9/h6,8-9,18H,3-5,7,14H2,1-2H3,(H,16,19). The SMILES string of the molecule is CC(C)c1ncc(NN)c(C(=O)NCC2CCOC2)n1. The van der Waals surface area contributed by atoms with E-state index in [0.29, 0.717) is 30.6 Å². The first-order chi connectivity index (χ1) is 9.61. The van der Waals surface area contributed by atoms with Crippen molar-refractivity contribution in [2.45, 2.75) is 26.2 Å². The minimum atomic E-state index is -0.242. The topological polar surface area (TPSA) is 102 Å². The van der Waals surface area contributed by atoms with Gasteiger partial charge in [0.1, 0.15) is 5.82 Å². The Morgan fingerprint density at radius 1 is 1.60 bits per heavy atom. The minimum absolute atomic E-state index is 0.150. The van der Waals surface area contributed by atoms with Gasteiger partial charge in [-0.15, -0.1) is 0 Å². The maximum atomic E-state index is 12.2. The molecule has 110 valence electrons. The summed E-state index contributed by atoms with van der Waals surface area (Å²) < 4.78 is 5.28. The second kappa shape index (κ2) is 6.62. The smallest absolute Gasteiger partial charge is 0.272 e. The number of hydrogen-bond acceptors (Lipinski definition) is 6. The number of hydrazine groups is 1. The molecule has 2 heterocycles. The highest BCUT2D eigenvalue weighted by molar-refractivity contribution is 5.97. The Balaban J connectivity index is 2.08. The maximum Gasteiger partial charge on any atom is 0.272 e. The highest BCUT2D eigenvalue weighted by Gasteiger charge is 2.20. The number of aromatic nitrogens is 2. The molecule has 1 aromatic heterocycles. The molecule has 2 rings (SSSR count). The second-order valence-corrected chi connectivity index (χ2v) is 5.23. The Morgan fingerprint density at radius 2 is 2.40 bits per heavy atom. The number of nitrogens with zero attached hydrogens (tertiary/aromatic N) is 2. The van der Waals surface area contributed by atoms with Crippen LogP contribution in [0.5, 0.6) is 0 Å². The van der Waals surface area contributed by atoms with Crippen LogP contribution in [0.25, 0.3) is 0 Å². The van der Waals surface area contributed by atoms with Crippen molar-refractivity contribution in [2.75, 3.05) is 25.2 Å². The molecule has 1 unspecified atom stereocenters. The fourth-order valence-corrected chi connectivity index (χ4v) is 2.02. The summed E-state index contributed by atoms with van der Waals surface area (Å²) >= 11 is 0. The largest absolute Gasteiger partial charge is 0.381 e. The predicted molar refractivity (Wildman–Crippen MR) is 75.2 cm³/mol. The van der Waals surface area contributed by atoms with Crippen LogP contribution in [-0.2, 0) is 4.74 Å². The van der Waals surface area contributed by atoms with E-state index < -0.39 is 0 Å². The summed E-state index contributed by atoms with van der Waals surface area (Å²) in [6.07, 6.45) is 2.51. The summed E-state index contributed by atoms with van der Waals surface area (Å²) in [4.78, 5) is 20.7. The zero-order chi connectivity index (χ0) is 14.5. The third kappa shape index (κ3) is 3.43. The molecule has 4 N–H and O–H groups in total. The monoisotopic (exact) mass is 279 g/mol. The number of nitrogens with two attached hydrogens (primary N) is 1. The summed E-state index contributed by atoms with van der Waals surface area (Å²) in [6, 6.07) is 0. The van der Waals surface area contributed by atoms with E-state index in [4.69, 9.17) is 10.6 Å². The van der Waals surface area contributed by atoms with Crippen molar-refractivity contribution in [3.05, 3.63) is 17.7 Å². The summed E-state index contributed by atoms with van der Waals surface area (Å²) in [5, 5.41) is 2.88. The highest BCUT2D eigenvalue weighted by atomic mass is 16.5. The molecule has 1 aliphatic heterocycles. The lowest BCUT2D eigenvalue weighted by Gasteiger charge is -2.13. The van der Waals surface area contributed by atoms with Crippen molar-refractivity contribution < 1.29 is 9.53 Å². The normalized spacial score (nSPS) is 18.3. The van der Waals surface area contributed by atoms with Gasteiger partial charge in [-0.1, -0.05) is 13.8 Å². The Kier molecular flexibility index (Phi) is 4.86. The number of amides is 1. The van der Waals surface area contributed by atoms with Crippen molar-refractivity contribution in [1.82, 2.24) is 15.3 Å². The lowest BCUT2D eigenvalue weighted by Crippen LogP contribution is -2.31. The lowest BCUT2D eigenvalue weighted by atomic mass is 10.1. The van der Waals surface area contributed by atoms with E-state index in [2.05, 4.69) is 20.7 Å². The molecule has 20 heavy (non-hydrogen) atoms. The van der Waals surface area contributed by atoms with Crippen molar-refractivity contribution >= 4 is 11.6 Å². The van der Waals surface area contributed by atoms with E-state index in [-0.39, 0.29) is 17.5 Å². The number of rotatable bonds is 5. The fourth-order valence-electron chi connectivity index (χ4n) is 2.02. The van der Waals surface area contributed by atoms with E-state index in [0.717, 1.165) is 13.0 Å². The van der Waals surface area contributed by atoms with Gasteiger partial charge in [-0.25, -0.2) is 9.97 Å². The number of carbonyl (C=O) groups is 1. The van der Waals surface area contributed by atoms with Gasteiger partial charge in [0.2, 0.25) is 0 Å². The summed E-state index contributed by atoms with van der Waals surface area (Å²) in [6.45, 7) is 6.00. The van der Waals surface area contributed by atoms with Crippen molar-refractivity contribution in [3.63, 3.8) is 0 Å². The van der Waals surface area contributed by atoms with Gasteiger partial charge in [0.25, 0.3) is 5.91 Å². The van der Waals surface area contributed by atoms with Crippen LogP contribution >= 0.6 is 0 Å². The Labute approximate surface area is 118 Å². The van der Waals surface area contributed by atoms with E-state index >= 15 is 0 Å². The number of nitrogens with one attached hydrogen (secondary N) is 2. The molecule has 1 aromatic rings. The summed E-state index contributed by atoms with van der Waals surface area (Å²) in [5.74, 6) is 6.31. The molecule has 1 amide bonds. The Hall–Kier alpha value is -1.73. The van der Waals surface area contributed by atoms with Gasteiger partial charge in [-0.05, 0) is 6.42 Å². The molecule has 0 aliphatic carbocycles. The molecule has 7 nitrogen and oxygen atoms in total. The zero-order valence-electron chi connectivity index (χ0n) is 11.8. The van der Waals surface area contributed by atoms with Gasteiger partial charge in [0.15, 0.2) is 5.69 Å². The first-order valence-corrected chi connectivity index (χ1v) is 6.81. The number of nitrogen functional groups attached to an aromatic ring is 1. The molecule has 0 radical (unpaired) electrons. The van der Waals surface area contributed by atoms with E-state index in [1.165, 1.54) is 6.20 Å². The maximum absolute atomic E-state index is 12.2. The van der Waals surface area contributed by atoms with E-state index in [1.54, 1.807) is 0 Å². The highest BCUT2D eigenvalue weighted by Crippen LogP contribution is 2.16. The Morgan fingerprint density at radius 3 is 3.00 bits per heavy atom. The molecular formula is C13H21N5O2. The molecule has 1 saturated heterocycles. The van der Waals surface area contributed by atoms with Crippen LogP contribution in [0.2, 0.25) is 0 Å². The summed E-state index contributed by atoms with van der Waals surface area (Å²) in [7, 11) is 0. The van der Waals surface area contributed by atoms with Gasteiger partial charge in [-0.2, -0.15) is 0 Å². The second-order valence-electron chi connectivity index (χ2n) is 5.23. The average Bonchev–Trinajstić information content (AvgIpc) is 2.97. The van der Waals surface area contributed by atoms with Crippen LogP contribution in [0.15, 0.2) is 6.20 Å². The molecule has 0 aromatic carbocycles. The zero-order valence-corrected chi connectivity index (χ0v) is 11.8. The van der Waals surface area contributed by atoms with Crippen molar-refractivity contribution in [2.24, 2.45) is 11.8 Å². The average molecular weight is 279 g/mol. The lowest BCUT2D eigenvalue weighted by molar-refractivity contribution is 0.0940. The third-order valence-electron chi connectivity index (χ3n) is 3.27. The minimum Gasteiger partial charge on any atom is -0.381 e. The molecule has 0 bridgehead atoms. The molecule has 0 saturated carbocycles. The van der Waals surface area contributed by atoms with Crippen molar-refractivity contribution in [3.8, 4) is 0 Å². The van der Waals surface area contributed by atoms with E-state index in [1.807, 2.05) is 13.8 Å². The molecule has 0 spiro atoms.